The van der Waals surface area contributed by atoms with Crippen molar-refractivity contribution in [3.05, 3.63) is 35.3 Å². The molecule has 4 nitrogen and oxygen atoms in total. The Bertz CT molecular complexity index is 346. The molecular weight excluding hydrogens is 192 g/mol. The topological polar surface area (TPSA) is 52.6 Å². The molecule has 2 rings (SSSR count). The Balaban J connectivity index is 2.31. The molecule has 0 radical (unpaired) electrons. The molecular formula is C8H7ClN2O2. The van der Waals surface area contributed by atoms with Crippen molar-refractivity contribution < 1.29 is 9.90 Å². The van der Waals surface area contributed by atoms with Crippen LogP contribution in [0.15, 0.2) is 35.3 Å². The van der Waals surface area contributed by atoms with E-state index in [1.165, 1.54) is 0 Å². The quantitative estimate of drug-likeness (QED) is 0.612. The first kappa shape index (κ1) is 8.19. The maximum atomic E-state index is 10.8. The number of nitrogens with zero attached hydrogens (tertiary/aromatic N) is 1. The van der Waals surface area contributed by atoms with E-state index in [1.54, 1.807) is 29.5 Å². The minimum Gasteiger partial charge on any atom is -0.478 e. The van der Waals surface area contributed by atoms with Gasteiger partial charge in [-0.2, -0.15) is 0 Å². The molecule has 68 valence electrons. The van der Waals surface area contributed by atoms with Crippen LogP contribution in [-0.4, -0.2) is 22.1 Å². The van der Waals surface area contributed by atoms with Crippen molar-refractivity contribution in [2.75, 3.05) is 0 Å². The summed E-state index contributed by atoms with van der Waals surface area (Å²) in [6.07, 6.45) is 6.16. The van der Waals surface area contributed by atoms with Crippen molar-refractivity contribution >= 4 is 17.6 Å². The van der Waals surface area contributed by atoms with Crippen molar-refractivity contribution in [2.45, 2.75) is 6.17 Å². The number of fused-ring (bicyclic) bond motifs is 1. The van der Waals surface area contributed by atoms with E-state index in [0.29, 0.717) is 5.16 Å². The molecule has 2 heterocycles. The van der Waals surface area contributed by atoms with Gasteiger partial charge in [-0.3, -0.25) is 0 Å². The van der Waals surface area contributed by atoms with Crippen LogP contribution in [-0.2, 0) is 4.79 Å². The van der Waals surface area contributed by atoms with Gasteiger partial charge in [-0.1, -0.05) is 11.6 Å². The van der Waals surface area contributed by atoms with Gasteiger partial charge in [0.05, 0.1) is 5.57 Å². The lowest BCUT2D eigenvalue weighted by atomic mass is 10.1. The zero-order valence-electron chi connectivity index (χ0n) is 6.57. The van der Waals surface area contributed by atoms with Gasteiger partial charge in [0.15, 0.2) is 0 Å². The molecule has 5 heteroatoms. The van der Waals surface area contributed by atoms with E-state index < -0.39 is 5.97 Å². The molecule has 13 heavy (non-hydrogen) atoms. The molecule has 2 aliphatic rings. The number of carbonyl (C=O) groups is 1. The molecule has 0 saturated heterocycles. The van der Waals surface area contributed by atoms with Gasteiger partial charge < -0.3 is 15.3 Å². The largest absolute Gasteiger partial charge is 0.478 e. The van der Waals surface area contributed by atoms with E-state index in [9.17, 15) is 4.79 Å². The smallest absolute Gasteiger partial charge is 0.335 e. The Kier molecular flexibility index (Phi) is 1.77. The van der Waals surface area contributed by atoms with E-state index in [1.807, 2.05) is 0 Å². The van der Waals surface area contributed by atoms with Crippen molar-refractivity contribution in [3.63, 3.8) is 0 Å². The summed E-state index contributed by atoms with van der Waals surface area (Å²) in [7, 11) is 0. The van der Waals surface area contributed by atoms with Crippen LogP contribution in [0.1, 0.15) is 0 Å². The summed E-state index contributed by atoms with van der Waals surface area (Å²) in [4.78, 5) is 12.4. The highest BCUT2D eigenvalue weighted by atomic mass is 35.5. The lowest BCUT2D eigenvalue weighted by Gasteiger charge is -2.26. The number of rotatable bonds is 1. The van der Waals surface area contributed by atoms with Gasteiger partial charge in [0, 0.05) is 12.4 Å². The molecule has 0 amide bonds. The second-order valence-electron chi connectivity index (χ2n) is 2.71. The van der Waals surface area contributed by atoms with Crippen LogP contribution in [0.2, 0.25) is 0 Å². The van der Waals surface area contributed by atoms with Gasteiger partial charge >= 0.3 is 5.97 Å². The summed E-state index contributed by atoms with van der Waals surface area (Å²) in [6, 6.07) is 0. The predicted octanol–water partition coefficient (Wildman–Crippen LogP) is 0.794. The number of aliphatic carboxylic acids is 1. The number of halogens is 1. The fourth-order valence-electron chi connectivity index (χ4n) is 1.34. The summed E-state index contributed by atoms with van der Waals surface area (Å²) < 4.78 is 0. The molecule has 0 aromatic heterocycles. The average Bonchev–Trinajstić information content (AvgIpc) is 2.48. The van der Waals surface area contributed by atoms with Crippen LogP contribution in [0.3, 0.4) is 0 Å². The van der Waals surface area contributed by atoms with E-state index in [2.05, 4.69) is 5.32 Å². The molecule has 2 aliphatic heterocycles. The molecule has 0 aromatic carbocycles. The normalized spacial score (nSPS) is 24.7. The van der Waals surface area contributed by atoms with E-state index in [4.69, 9.17) is 16.7 Å². The fourth-order valence-corrected chi connectivity index (χ4v) is 1.56. The highest BCUT2D eigenvalue weighted by Crippen LogP contribution is 2.25. The summed E-state index contributed by atoms with van der Waals surface area (Å²) >= 11 is 5.81. The van der Waals surface area contributed by atoms with E-state index >= 15 is 0 Å². The standard InChI is InChI=1S/C8H7ClN2O2/c9-6-4-10-7-5(8(12)13)2-1-3-11(6)7/h1-4,7,10H,(H,12,13)/t7-/m0/s1. The Morgan fingerprint density at radius 2 is 2.46 bits per heavy atom. The highest BCUT2D eigenvalue weighted by molar-refractivity contribution is 6.29. The van der Waals surface area contributed by atoms with Crippen LogP contribution in [0.25, 0.3) is 0 Å². The Morgan fingerprint density at radius 1 is 1.69 bits per heavy atom. The number of carboxylic acids is 1. The van der Waals surface area contributed by atoms with Crippen molar-refractivity contribution in [3.8, 4) is 0 Å². The van der Waals surface area contributed by atoms with Crippen molar-refractivity contribution in [2.24, 2.45) is 0 Å². The molecule has 0 saturated carbocycles. The van der Waals surface area contributed by atoms with Gasteiger partial charge in [0.2, 0.25) is 0 Å². The van der Waals surface area contributed by atoms with Gasteiger partial charge in [-0.25, -0.2) is 4.79 Å². The highest BCUT2D eigenvalue weighted by Gasteiger charge is 2.31. The third-order valence-corrected chi connectivity index (χ3v) is 2.25. The first-order chi connectivity index (χ1) is 6.20. The Morgan fingerprint density at radius 3 is 3.15 bits per heavy atom. The van der Waals surface area contributed by atoms with Gasteiger partial charge in [-0.15, -0.1) is 0 Å². The molecule has 2 N–H and O–H groups in total. The zero-order chi connectivity index (χ0) is 9.42. The number of nitrogens with one attached hydrogen (secondary N) is 1. The maximum Gasteiger partial charge on any atom is 0.335 e. The van der Waals surface area contributed by atoms with Crippen LogP contribution >= 0.6 is 11.6 Å². The lowest BCUT2D eigenvalue weighted by molar-refractivity contribution is -0.133. The summed E-state index contributed by atoms with van der Waals surface area (Å²) in [5.41, 5.74) is 0.286. The van der Waals surface area contributed by atoms with Crippen LogP contribution in [0.5, 0.6) is 0 Å². The Labute approximate surface area is 79.8 Å². The Hall–Kier alpha value is -1.42. The molecule has 0 aromatic rings. The fraction of sp³-hybridized carbons (Fsp3) is 0.125. The number of hydrogen-bond donors (Lipinski definition) is 2. The van der Waals surface area contributed by atoms with E-state index in [-0.39, 0.29) is 11.7 Å². The second kappa shape index (κ2) is 2.81. The molecule has 0 fully saturated rings. The lowest BCUT2D eigenvalue weighted by Crippen LogP contribution is -2.38. The first-order valence-electron chi connectivity index (χ1n) is 3.72. The van der Waals surface area contributed by atoms with Gasteiger partial charge in [0.25, 0.3) is 0 Å². The van der Waals surface area contributed by atoms with Crippen molar-refractivity contribution in [1.29, 1.82) is 0 Å². The second-order valence-corrected chi connectivity index (χ2v) is 3.10. The molecule has 0 unspecified atom stereocenters. The van der Waals surface area contributed by atoms with Gasteiger partial charge in [-0.05, 0) is 12.2 Å². The molecule has 0 aliphatic carbocycles. The summed E-state index contributed by atoms with van der Waals surface area (Å²) in [5, 5.41) is 12.2. The molecule has 0 spiro atoms. The van der Waals surface area contributed by atoms with Crippen molar-refractivity contribution in [1.82, 2.24) is 10.2 Å². The molecule has 0 bridgehead atoms. The minimum absolute atomic E-state index is 0.286. The first-order valence-corrected chi connectivity index (χ1v) is 4.09. The number of allylic oxidation sites excluding steroid dienone is 2. The third kappa shape index (κ3) is 1.19. The SMILES string of the molecule is O=C(O)C1=CC=CN2C(Cl)=CN[C@H]12. The summed E-state index contributed by atoms with van der Waals surface area (Å²) in [5.74, 6) is -0.938. The van der Waals surface area contributed by atoms with E-state index in [0.717, 1.165) is 0 Å². The van der Waals surface area contributed by atoms with Gasteiger partial charge in [0.1, 0.15) is 11.3 Å². The number of hydrogen-bond acceptors (Lipinski definition) is 3. The average molecular weight is 199 g/mol. The molecule has 1 atom stereocenters. The summed E-state index contributed by atoms with van der Waals surface area (Å²) in [6.45, 7) is 0. The maximum absolute atomic E-state index is 10.8. The minimum atomic E-state index is -0.938. The van der Waals surface area contributed by atoms with Crippen LogP contribution < -0.4 is 5.32 Å². The third-order valence-electron chi connectivity index (χ3n) is 1.95. The van der Waals surface area contributed by atoms with Crippen LogP contribution in [0.4, 0.5) is 0 Å². The zero-order valence-corrected chi connectivity index (χ0v) is 7.32. The monoisotopic (exact) mass is 198 g/mol. The number of carboxylic acid groups (broad SMARTS) is 1. The van der Waals surface area contributed by atoms with Crippen LogP contribution in [0, 0.1) is 0 Å². The predicted molar refractivity (Wildman–Crippen MR) is 47.6 cm³/mol.